The minimum Gasteiger partial charge on any atom is -0.313 e. The van der Waals surface area contributed by atoms with E-state index in [1.54, 1.807) is 0 Å². The molecule has 0 aromatic rings. The second-order valence-corrected chi connectivity index (χ2v) is 6.97. The molecule has 0 heterocycles. The third kappa shape index (κ3) is 8.21. The van der Waals surface area contributed by atoms with Crippen LogP contribution in [0.1, 0.15) is 90.9 Å². The second-order valence-electron chi connectivity index (χ2n) is 6.97. The lowest BCUT2D eigenvalue weighted by molar-refractivity contribution is 0.167. The molecule has 2 unspecified atom stereocenters. The highest BCUT2D eigenvalue weighted by molar-refractivity contribution is 4.83. The van der Waals surface area contributed by atoms with E-state index in [2.05, 4.69) is 31.1 Å². The van der Waals surface area contributed by atoms with Gasteiger partial charge in [-0.3, -0.25) is 0 Å². The zero-order valence-electron chi connectivity index (χ0n) is 15.0. The van der Waals surface area contributed by atoms with Crippen molar-refractivity contribution in [2.75, 3.05) is 20.1 Å². The summed E-state index contributed by atoms with van der Waals surface area (Å²) in [4.78, 5) is 2.66. The van der Waals surface area contributed by atoms with Gasteiger partial charge in [-0.05, 0) is 39.4 Å². The van der Waals surface area contributed by atoms with Gasteiger partial charge in [0.25, 0.3) is 0 Å². The smallest absolute Gasteiger partial charge is 0.0246 e. The van der Waals surface area contributed by atoms with Crippen LogP contribution in [0.2, 0.25) is 0 Å². The molecule has 0 radical (unpaired) electrons. The minimum atomic E-state index is 0.705. The van der Waals surface area contributed by atoms with Crippen molar-refractivity contribution >= 4 is 0 Å². The summed E-state index contributed by atoms with van der Waals surface area (Å²) in [7, 11) is 2.36. The highest BCUT2D eigenvalue weighted by atomic mass is 15.2. The second kappa shape index (κ2) is 12.5. The van der Waals surface area contributed by atoms with Gasteiger partial charge in [0.1, 0.15) is 0 Å². The van der Waals surface area contributed by atoms with E-state index in [9.17, 15) is 0 Å². The molecule has 1 rings (SSSR count). The molecule has 0 aromatic carbocycles. The first-order valence-electron chi connectivity index (χ1n) is 9.73. The van der Waals surface area contributed by atoms with Gasteiger partial charge in [0.2, 0.25) is 0 Å². The third-order valence-corrected chi connectivity index (χ3v) is 5.13. The number of nitrogens with zero attached hydrogens (tertiary/aromatic N) is 1. The maximum absolute atomic E-state index is 3.80. The molecule has 0 saturated heterocycles. The van der Waals surface area contributed by atoms with E-state index in [0.717, 1.165) is 12.6 Å². The summed E-state index contributed by atoms with van der Waals surface area (Å²) in [5.41, 5.74) is 0. The minimum absolute atomic E-state index is 0.705. The number of nitrogens with one attached hydrogen (secondary N) is 1. The molecule has 1 aliphatic rings. The lowest BCUT2D eigenvalue weighted by atomic mass is 9.93. The molecule has 0 bridgehead atoms. The molecule has 0 aromatic heterocycles. The fourth-order valence-electron chi connectivity index (χ4n) is 3.77. The predicted molar refractivity (Wildman–Crippen MR) is 95.0 cm³/mol. The summed E-state index contributed by atoms with van der Waals surface area (Å²) < 4.78 is 0. The standard InChI is InChI=1S/C19H40N2/c1-4-6-17-21(3)19-16-14-12-10-8-7-9-11-13-15-18(19)20-5-2/h18-20H,4-17H2,1-3H3. The molecule has 2 atom stereocenters. The number of rotatable bonds is 6. The van der Waals surface area contributed by atoms with Crippen LogP contribution in [-0.4, -0.2) is 37.1 Å². The van der Waals surface area contributed by atoms with E-state index < -0.39 is 0 Å². The average Bonchev–Trinajstić information content (AvgIpc) is 2.48. The Bertz CT molecular complexity index is 230. The molecule has 2 nitrogen and oxygen atoms in total. The first-order chi connectivity index (χ1) is 10.3. The Morgan fingerprint density at radius 1 is 0.857 bits per heavy atom. The fourth-order valence-corrected chi connectivity index (χ4v) is 3.77. The van der Waals surface area contributed by atoms with Crippen molar-refractivity contribution < 1.29 is 0 Å². The quantitative estimate of drug-likeness (QED) is 0.743. The van der Waals surface area contributed by atoms with Gasteiger partial charge in [-0.1, -0.05) is 71.6 Å². The van der Waals surface area contributed by atoms with Crippen LogP contribution in [0, 0.1) is 0 Å². The van der Waals surface area contributed by atoms with Crippen LogP contribution >= 0.6 is 0 Å². The molecule has 1 N–H and O–H groups in total. The van der Waals surface area contributed by atoms with E-state index in [1.807, 2.05) is 0 Å². The molecular weight excluding hydrogens is 256 g/mol. The monoisotopic (exact) mass is 296 g/mol. The van der Waals surface area contributed by atoms with Gasteiger partial charge in [-0.25, -0.2) is 0 Å². The number of unbranched alkanes of at least 4 members (excludes halogenated alkanes) is 1. The van der Waals surface area contributed by atoms with Gasteiger partial charge >= 0.3 is 0 Å². The summed E-state index contributed by atoms with van der Waals surface area (Å²) in [6.45, 7) is 6.95. The van der Waals surface area contributed by atoms with Crippen LogP contribution in [0.15, 0.2) is 0 Å². The first kappa shape index (κ1) is 19.0. The molecule has 2 heteroatoms. The van der Waals surface area contributed by atoms with Crippen LogP contribution < -0.4 is 5.32 Å². The molecule has 1 saturated carbocycles. The van der Waals surface area contributed by atoms with Crippen LogP contribution in [0.4, 0.5) is 0 Å². The zero-order valence-corrected chi connectivity index (χ0v) is 15.0. The van der Waals surface area contributed by atoms with Crippen molar-refractivity contribution in [3.05, 3.63) is 0 Å². The van der Waals surface area contributed by atoms with E-state index in [-0.39, 0.29) is 0 Å². The first-order valence-corrected chi connectivity index (χ1v) is 9.73. The number of hydrogen-bond acceptors (Lipinski definition) is 2. The van der Waals surface area contributed by atoms with Crippen molar-refractivity contribution in [1.82, 2.24) is 10.2 Å². The Kier molecular flexibility index (Phi) is 11.3. The van der Waals surface area contributed by atoms with Crippen LogP contribution in [0.25, 0.3) is 0 Å². The van der Waals surface area contributed by atoms with E-state index >= 15 is 0 Å². The topological polar surface area (TPSA) is 15.3 Å². The Balaban J connectivity index is 2.60. The average molecular weight is 297 g/mol. The van der Waals surface area contributed by atoms with E-state index in [1.165, 1.54) is 83.6 Å². The Morgan fingerprint density at radius 3 is 2.00 bits per heavy atom. The van der Waals surface area contributed by atoms with Crippen LogP contribution in [0.5, 0.6) is 0 Å². The molecule has 1 aliphatic carbocycles. The maximum atomic E-state index is 3.80. The highest BCUT2D eigenvalue weighted by Gasteiger charge is 2.23. The highest BCUT2D eigenvalue weighted by Crippen LogP contribution is 2.20. The molecule has 0 amide bonds. The van der Waals surface area contributed by atoms with Crippen molar-refractivity contribution in [2.45, 2.75) is 103 Å². The summed E-state index contributed by atoms with van der Waals surface area (Å²) in [6, 6.07) is 1.45. The summed E-state index contributed by atoms with van der Waals surface area (Å²) in [5, 5.41) is 3.80. The Hall–Kier alpha value is -0.0800. The number of hydrogen-bond donors (Lipinski definition) is 1. The largest absolute Gasteiger partial charge is 0.313 e. The zero-order chi connectivity index (χ0) is 15.3. The van der Waals surface area contributed by atoms with Crippen LogP contribution in [0.3, 0.4) is 0 Å². The predicted octanol–water partition coefficient (Wildman–Crippen LogP) is 4.98. The van der Waals surface area contributed by atoms with Crippen molar-refractivity contribution in [3.8, 4) is 0 Å². The fraction of sp³-hybridized carbons (Fsp3) is 1.00. The maximum Gasteiger partial charge on any atom is 0.0246 e. The van der Waals surface area contributed by atoms with Gasteiger partial charge in [0.15, 0.2) is 0 Å². The van der Waals surface area contributed by atoms with Gasteiger partial charge in [0.05, 0.1) is 0 Å². The molecule has 126 valence electrons. The lowest BCUT2D eigenvalue weighted by Gasteiger charge is -2.36. The van der Waals surface area contributed by atoms with Gasteiger partial charge < -0.3 is 10.2 Å². The molecule has 1 fully saturated rings. The Labute approximate surface area is 134 Å². The van der Waals surface area contributed by atoms with E-state index in [4.69, 9.17) is 0 Å². The summed E-state index contributed by atoms with van der Waals surface area (Å²) in [5.74, 6) is 0. The number of likely N-dealkylation sites (N-methyl/N-ethyl adjacent to an activating group) is 2. The molecular formula is C19H40N2. The summed E-state index contributed by atoms with van der Waals surface area (Å²) >= 11 is 0. The van der Waals surface area contributed by atoms with Crippen molar-refractivity contribution in [2.24, 2.45) is 0 Å². The third-order valence-electron chi connectivity index (χ3n) is 5.13. The van der Waals surface area contributed by atoms with Gasteiger partial charge in [-0.2, -0.15) is 0 Å². The lowest BCUT2D eigenvalue weighted by Crippen LogP contribution is -2.49. The molecule has 0 spiro atoms. The molecule has 21 heavy (non-hydrogen) atoms. The summed E-state index contributed by atoms with van der Waals surface area (Å²) in [6.07, 6.45) is 17.0. The normalized spacial score (nSPS) is 26.3. The van der Waals surface area contributed by atoms with E-state index in [0.29, 0.717) is 6.04 Å². The van der Waals surface area contributed by atoms with Crippen molar-refractivity contribution in [1.29, 1.82) is 0 Å². The Morgan fingerprint density at radius 2 is 1.43 bits per heavy atom. The van der Waals surface area contributed by atoms with Crippen molar-refractivity contribution in [3.63, 3.8) is 0 Å². The molecule has 0 aliphatic heterocycles. The van der Waals surface area contributed by atoms with Gasteiger partial charge in [-0.15, -0.1) is 0 Å². The van der Waals surface area contributed by atoms with Crippen LogP contribution in [-0.2, 0) is 0 Å². The van der Waals surface area contributed by atoms with Gasteiger partial charge in [0, 0.05) is 12.1 Å². The SMILES string of the molecule is CCCCN(C)C1CCCCCCCCCCC1NCC.